The lowest BCUT2D eigenvalue weighted by Gasteiger charge is -2.26. The van der Waals surface area contributed by atoms with Gasteiger partial charge in [0.25, 0.3) is 0 Å². The van der Waals surface area contributed by atoms with E-state index in [1.165, 1.54) is 7.11 Å². The average Bonchev–Trinajstić information content (AvgIpc) is 3.41. The molecule has 8 heteroatoms. The summed E-state index contributed by atoms with van der Waals surface area (Å²) in [5.74, 6) is 2.26. The maximum Gasteiger partial charge on any atom is 0.308 e. The highest BCUT2D eigenvalue weighted by Crippen LogP contribution is 2.39. The molecule has 0 atom stereocenters. The Morgan fingerprint density at radius 3 is 2.77 bits per heavy atom. The molecule has 0 unspecified atom stereocenters. The average molecular weight is 419 g/mol. The maximum atomic E-state index is 11.9. The molecule has 3 heterocycles. The molecule has 5 rings (SSSR count). The first kappa shape index (κ1) is 19.4. The molecule has 0 radical (unpaired) electrons. The van der Waals surface area contributed by atoms with Crippen LogP contribution in [0.25, 0.3) is 27.8 Å². The summed E-state index contributed by atoms with van der Waals surface area (Å²) in [6.45, 7) is 0. The van der Waals surface area contributed by atoms with E-state index in [4.69, 9.17) is 20.2 Å². The van der Waals surface area contributed by atoms with Gasteiger partial charge in [0.15, 0.2) is 0 Å². The number of anilines is 1. The predicted octanol–water partition coefficient (Wildman–Crippen LogP) is 3.92. The van der Waals surface area contributed by atoms with Crippen molar-refractivity contribution in [2.24, 2.45) is 5.92 Å². The fourth-order valence-corrected chi connectivity index (χ4v) is 4.74. The first-order valence-electron chi connectivity index (χ1n) is 10.5. The van der Waals surface area contributed by atoms with Crippen molar-refractivity contribution in [2.45, 2.75) is 31.6 Å². The second-order valence-electron chi connectivity index (χ2n) is 8.03. The minimum absolute atomic E-state index is 0.0279. The van der Waals surface area contributed by atoms with Crippen molar-refractivity contribution >= 4 is 28.2 Å². The SMILES string of the molecule is COc1cccc2cc(-c3nc([C@H]4CC[C@H](C(=O)OC)CC4)n4ccnc(N)c34)[nH]c12. The molecular weight excluding hydrogens is 394 g/mol. The lowest BCUT2D eigenvalue weighted by molar-refractivity contribution is -0.146. The highest BCUT2D eigenvalue weighted by atomic mass is 16.5. The predicted molar refractivity (Wildman–Crippen MR) is 118 cm³/mol. The van der Waals surface area contributed by atoms with Gasteiger partial charge in [-0.3, -0.25) is 9.20 Å². The van der Waals surface area contributed by atoms with E-state index in [-0.39, 0.29) is 17.8 Å². The zero-order chi connectivity index (χ0) is 21.5. The first-order chi connectivity index (χ1) is 15.1. The summed E-state index contributed by atoms with van der Waals surface area (Å²) in [7, 11) is 3.11. The Kier molecular flexibility index (Phi) is 4.77. The number of fused-ring (bicyclic) bond motifs is 2. The number of aromatic amines is 1. The number of methoxy groups -OCH3 is 2. The molecular formula is C23H25N5O3. The number of nitrogens with two attached hydrogens (primary N) is 1. The van der Waals surface area contributed by atoms with Gasteiger partial charge >= 0.3 is 5.97 Å². The van der Waals surface area contributed by atoms with Crippen LogP contribution in [0.2, 0.25) is 0 Å². The van der Waals surface area contributed by atoms with Crippen LogP contribution in [0, 0.1) is 5.92 Å². The van der Waals surface area contributed by atoms with Crippen LogP contribution in [-0.4, -0.2) is 39.5 Å². The first-order valence-corrected chi connectivity index (χ1v) is 10.5. The summed E-state index contributed by atoms with van der Waals surface area (Å²) in [6, 6.07) is 7.98. The van der Waals surface area contributed by atoms with Crippen LogP contribution in [-0.2, 0) is 9.53 Å². The van der Waals surface area contributed by atoms with E-state index in [1.807, 2.05) is 28.8 Å². The van der Waals surface area contributed by atoms with Crippen molar-refractivity contribution in [3.63, 3.8) is 0 Å². The number of H-pyrrole nitrogens is 1. The topological polar surface area (TPSA) is 108 Å². The molecule has 0 bridgehead atoms. The fourth-order valence-electron chi connectivity index (χ4n) is 4.74. The van der Waals surface area contributed by atoms with Gasteiger partial charge in [-0.05, 0) is 37.8 Å². The van der Waals surface area contributed by atoms with Gasteiger partial charge in [0.2, 0.25) is 0 Å². The number of ether oxygens (including phenoxy) is 2. The van der Waals surface area contributed by atoms with Crippen molar-refractivity contribution in [2.75, 3.05) is 20.0 Å². The number of nitrogens with zero attached hydrogens (tertiary/aromatic N) is 3. The van der Waals surface area contributed by atoms with Crippen LogP contribution < -0.4 is 10.5 Å². The van der Waals surface area contributed by atoms with E-state index >= 15 is 0 Å². The molecule has 1 aliphatic carbocycles. The summed E-state index contributed by atoms with van der Waals surface area (Å²) in [5.41, 5.74) is 9.64. The molecule has 0 amide bonds. The Balaban J connectivity index is 1.59. The minimum atomic E-state index is -0.118. The van der Waals surface area contributed by atoms with Crippen molar-refractivity contribution < 1.29 is 14.3 Å². The quantitative estimate of drug-likeness (QED) is 0.486. The van der Waals surface area contributed by atoms with Crippen molar-refractivity contribution in [1.82, 2.24) is 19.4 Å². The molecule has 3 aromatic heterocycles. The Labute approximate surface area is 179 Å². The number of para-hydroxylation sites is 1. The smallest absolute Gasteiger partial charge is 0.308 e. The second-order valence-corrected chi connectivity index (χ2v) is 8.03. The van der Waals surface area contributed by atoms with Gasteiger partial charge in [-0.25, -0.2) is 9.97 Å². The molecule has 1 aliphatic rings. The molecule has 3 N–H and O–H groups in total. The van der Waals surface area contributed by atoms with Gasteiger partial charge in [0.05, 0.1) is 31.3 Å². The highest BCUT2D eigenvalue weighted by Gasteiger charge is 2.31. The van der Waals surface area contributed by atoms with E-state index in [1.54, 1.807) is 13.3 Å². The molecule has 0 aliphatic heterocycles. The van der Waals surface area contributed by atoms with E-state index in [2.05, 4.69) is 16.0 Å². The van der Waals surface area contributed by atoms with Gasteiger partial charge in [0.1, 0.15) is 28.6 Å². The lowest BCUT2D eigenvalue weighted by Crippen LogP contribution is -2.23. The molecule has 0 spiro atoms. The number of nitrogens with one attached hydrogen (secondary N) is 1. The third kappa shape index (κ3) is 3.19. The number of benzene rings is 1. The molecule has 160 valence electrons. The number of rotatable bonds is 4. The van der Waals surface area contributed by atoms with E-state index in [0.29, 0.717) is 5.82 Å². The molecule has 1 saturated carbocycles. The summed E-state index contributed by atoms with van der Waals surface area (Å²) in [4.78, 5) is 24.7. The number of hydrogen-bond donors (Lipinski definition) is 2. The minimum Gasteiger partial charge on any atom is -0.495 e. The molecule has 0 saturated heterocycles. The van der Waals surface area contributed by atoms with Crippen molar-refractivity contribution in [3.05, 3.63) is 42.5 Å². The second kappa shape index (κ2) is 7.61. The van der Waals surface area contributed by atoms with Crippen LogP contribution >= 0.6 is 0 Å². The highest BCUT2D eigenvalue weighted by molar-refractivity contribution is 5.93. The van der Waals surface area contributed by atoms with Crippen LogP contribution in [0.5, 0.6) is 5.75 Å². The number of hydrogen-bond acceptors (Lipinski definition) is 6. The van der Waals surface area contributed by atoms with E-state index in [0.717, 1.165) is 65.1 Å². The number of carbonyl (C=O) groups excluding carboxylic acids is 1. The van der Waals surface area contributed by atoms with Gasteiger partial charge in [0, 0.05) is 23.7 Å². The van der Waals surface area contributed by atoms with E-state index < -0.39 is 0 Å². The van der Waals surface area contributed by atoms with Gasteiger partial charge in [-0.15, -0.1) is 0 Å². The van der Waals surface area contributed by atoms with Gasteiger partial charge in [-0.2, -0.15) is 0 Å². The fraction of sp³-hybridized carbons (Fsp3) is 0.348. The van der Waals surface area contributed by atoms with Gasteiger partial charge in [-0.1, -0.05) is 12.1 Å². The van der Waals surface area contributed by atoms with Crippen LogP contribution in [0.3, 0.4) is 0 Å². The van der Waals surface area contributed by atoms with E-state index in [9.17, 15) is 4.79 Å². The molecule has 1 aromatic carbocycles. The summed E-state index contributed by atoms with van der Waals surface area (Å²) in [5, 5.41) is 1.04. The summed E-state index contributed by atoms with van der Waals surface area (Å²) < 4.78 is 12.5. The van der Waals surface area contributed by atoms with Crippen LogP contribution in [0.1, 0.15) is 37.4 Å². The molecule has 4 aromatic rings. The third-order valence-corrected chi connectivity index (χ3v) is 6.33. The molecule has 1 fully saturated rings. The van der Waals surface area contributed by atoms with Crippen molar-refractivity contribution in [3.8, 4) is 17.1 Å². The maximum absolute atomic E-state index is 11.9. The third-order valence-electron chi connectivity index (χ3n) is 6.33. The zero-order valence-electron chi connectivity index (χ0n) is 17.6. The van der Waals surface area contributed by atoms with Crippen LogP contribution in [0.4, 0.5) is 5.82 Å². The Morgan fingerprint density at radius 2 is 2.03 bits per heavy atom. The Hall–Kier alpha value is -3.55. The largest absolute Gasteiger partial charge is 0.495 e. The summed E-state index contributed by atoms with van der Waals surface area (Å²) >= 11 is 0. The number of imidazole rings is 1. The lowest BCUT2D eigenvalue weighted by atomic mass is 9.81. The van der Waals surface area contributed by atoms with Crippen molar-refractivity contribution in [1.29, 1.82) is 0 Å². The Bertz CT molecular complexity index is 1270. The van der Waals surface area contributed by atoms with Gasteiger partial charge < -0.3 is 20.2 Å². The number of nitrogen functional groups attached to an aromatic ring is 1. The molecule has 31 heavy (non-hydrogen) atoms. The monoisotopic (exact) mass is 419 g/mol. The number of carbonyl (C=O) groups is 1. The molecule has 8 nitrogen and oxygen atoms in total. The number of aromatic nitrogens is 4. The van der Waals surface area contributed by atoms with Crippen LogP contribution in [0.15, 0.2) is 36.7 Å². The normalized spacial score (nSPS) is 19.0. The zero-order valence-corrected chi connectivity index (χ0v) is 17.6. The standard InChI is InChI=1S/C23H25N5O3/c1-30-17-5-3-4-15-12-16(26-18(15)17)19-20-21(24)25-10-11-28(20)22(27-19)13-6-8-14(9-7-13)23(29)31-2/h3-5,10-14,26H,6-9H2,1-2H3,(H2,24,25)/t13-,14-. The Morgan fingerprint density at radius 1 is 1.23 bits per heavy atom. The number of esters is 1. The summed E-state index contributed by atoms with van der Waals surface area (Å²) in [6.07, 6.45) is 6.96.